The highest BCUT2D eigenvalue weighted by Crippen LogP contribution is 2.30. The van der Waals surface area contributed by atoms with Gasteiger partial charge in [-0.15, -0.1) is 0 Å². The predicted octanol–water partition coefficient (Wildman–Crippen LogP) is 1.74. The predicted molar refractivity (Wildman–Crippen MR) is 62.6 cm³/mol. The lowest BCUT2D eigenvalue weighted by Gasteiger charge is -2.33. The smallest absolute Gasteiger partial charge is 0.323 e. The van der Waals surface area contributed by atoms with Crippen molar-refractivity contribution in [1.29, 1.82) is 0 Å². The van der Waals surface area contributed by atoms with E-state index in [0.717, 1.165) is 32.4 Å². The van der Waals surface area contributed by atoms with Gasteiger partial charge in [0, 0.05) is 13.7 Å². The number of carboxylic acids is 1. The van der Waals surface area contributed by atoms with Crippen molar-refractivity contribution in [3.63, 3.8) is 0 Å². The van der Waals surface area contributed by atoms with E-state index in [1.54, 1.807) is 7.11 Å². The van der Waals surface area contributed by atoms with Crippen molar-refractivity contribution in [2.75, 3.05) is 20.2 Å². The maximum atomic E-state index is 11.3. The molecule has 0 aromatic heterocycles. The Bertz CT molecular complexity index is 265. The van der Waals surface area contributed by atoms with Gasteiger partial charge in [-0.05, 0) is 46.6 Å². The summed E-state index contributed by atoms with van der Waals surface area (Å²) in [5, 5.41) is 9.26. The fourth-order valence-corrected chi connectivity index (χ4v) is 2.13. The van der Waals surface area contributed by atoms with Gasteiger partial charge in [-0.25, -0.2) is 0 Å². The Morgan fingerprint density at radius 3 is 2.69 bits per heavy atom. The van der Waals surface area contributed by atoms with Crippen molar-refractivity contribution >= 4 is 5.97 Å². The zero-order chi connectivity index (χ0) is 12.4. The molecule has 0 aromatic rings. The van der Waals surface area contributed by atoms with Crippen LogP contribution in [0.25, 0.3) is 0 Å². The number of likely N-dealkylation sites (tertiary alicyclic amines) is 1. The second kappa shape index (κ2) is 4.72. The highest BCUT2D eigenvalue weighted by molar-refractivity contribution is 5.78. The zero-order valence-electron chi connectivity index (χ0n) is 10.7. The monoisotopic (exact) mass is 229 g/mol. The largest absolute Gasteiger partial charge is 0.480 e. The van der Waals surface area contributed by atoms with Crippen molar-refractivity contribution in [2.24, 2.45) is 0 Å². The first kappa shape index (κ1) is 13.5. The molecule has 1 heterocycles. The molecule has 94 valence electrons. The fraction of sp³-hybridized carbons (Fsp3) is 0.917. The van der Waals surface area contributed by atoms with E-state index < -0.39 is 11.5 Å². The molecule has 0 saturated carbocycles. The SMILES string of the molecule is COC(C)(C)CCN1CCCC1(C)C(=O)O. The van der Waals surface area contributed by atoms with Gasteiger partial charge in [0.1, 0.15) is 5.54 Å². The molecule has 4 heteroatoms. The quantitative estimate of drug-likeness (QED) is 0.780. The molecule has 1 rings (SSSR count). The van der Waals surface area contributed by atoms with E-state index in [0.29, 0.717) is 0 Å². The van der Waals surface area contributed by atoms with Crippen LogP contribution in [-0.2, 0) is 9.53 Å². The molecule has 0 radical (unpaired) electrons. The van der Waals surface area contributed by atoms with Gasteiger partial charge in [0.2, 0.25) is 0 Å². The molecule has 0 amide bonds. The van der Waals surface area contributed by atoms with E-state index in [1.165, 1.54) is 0 Å². The van der Waals surface area contributed by atoms with Crippen LogP contribution < -0.4 is 0 Å². The van der Waals surface area contributed by atoms with Crippen molar-refractivity contribution < 1.29 is 14.6 Å². The number of rotatable bonds is 5. The summed E-state index contributed by atoms with van der Waals surface area (Å²) in [6.07, 6.45) is 2.57. The van der Waals surface area contributed by atoms with Crippen molar-refractivity contribution in [3.8, 4) is 0 Å². The first-order valence-corrected chi connectivity index (χ1v) is 5.85. The maximum Gasteiger partial charge on any atom is 0.323 e. The second-order valence-electron chi connectivity index (χ2n) is 5.38. The number of hydrogen-bond donors (Lipinski definition) is 1. The Morgan fingerprint density at radius 2 is 2.19 bits per heavy atom. The molecule has 1 unspecified atom stereocenters. The molecule has 16 heavy (non-hydrogen) atoms. The van der Waals surface area contributed by atoms with Crippen LogP contribution in [0.2, 0.25) is 0 Å². The molecule has 0 spiro atoms. The van der Waals surface area contributed by atoms with Crippen LogP contribution in [0, 0.1) is 0 Å². The zero-order valence-corrected chi connectivity index (χ0v) is 10.7. The second-order valence-corrected chi connectivity index (χ2v) is 5.38. The van der Waals surface area contributed by atoms with E-state index in [2.05, 4.69) is 4.90 Å². The molecule has 1 fully saturated rings. The van der Waals surface area contributed by atoms with Gasteiger partial charge in [-0.3, -0.25) is 9.69 Å². The van der Waals surface area contributed by atoms with Gasteiger partial charge >= 0.3 is 5.97 Å². The molecule has 1 N–H and O–H groups in total. The summed E-state index contributed by atoms with van der Waals surface area (Å²) < 4.78 is 5.35. The Morgan fingerprint density at radius 1 is 1.56 bits per heavy atom. The minimum Gasteiger partial charge on any atom is -0.480 e. The molecule has 0 aromatic carbocycles. The molecule has 1 aliphatic heterocycles. The minimum absolute atomic E-state index is 0.179. The Kier molecular flexibility index (Phi) is 3.97. The number of carbonyl (C=O) groups is 1. The summed E-state index contributed by atoms with van der Waals surface area (Å²) in [5.41, 5.74) is -0.855. The number of aliphatic carboxylic acids is 1. The van der Waals surface area contributed by atoms with Crippen LogP contribution in [0.1, 0.15) is 40.0 Å². The van der Waals surface area contributed by atoms with Crippen LogP contribution in [-0.4, -0.2) is 47.3 Å². The van der Waals surface area contributed by atoms with E-state index in [4.69, 9.17) is 4.74 Å². The van der Waals surface area contributed by atoms with Crippen molar-refractivity contribution in [3.05, 3.63) is 0 Å². The molecule has 1 atom stereocenters. The van der Waals surface area contributed by atoms with E-state index in [-0.39, 0.29) is 5.60 Å². The Hall–Kier alpha value is -0.610. The van der Waals surface area contributed by atoms with Gasteiger partial charge < -0.3 is 9.84 Å². The third-order valence-electron chi connectivity index (χ3n) is 3.79. The summed E-state index contributed by atoms with van der Waals surface area (Å²) in [7, 11) is 1.69. The van der Waals surface area contributed by atoms with E-state index >= 15 is 0 Å². The normalized spacial score (nSPS) is 27.2. The summed E-state index contributed by atoms with van der Waals surface area (Å²) in [4.78, 5) is 13.3. The first-order valence-electron chi connectivity index (χ1n) is 5.85. The summed E-state index contributed by atoms with van der Waals surface area (Å²) in [6.45, 7) is 7.54. The highest BCUT2D eigenvalue weighted by atomic mass is 16.5. The van der Waals surface area contributed by atoms with Crippen LogP contribution in [0.15, 0.2) is 0 Å². The molecule has 1 saturated heterocycles. The van der Waals surface area contributed by atoms with E-state index in [9.17, 15) is 9.90 Å². The van der Waals surface area contributed by atoms with Crippen molar-refractivity contribution in [2.45, 2.75) is 51.2 Å². The number of nitrogens with zero attached hydrogens (tertiary/aromatic N) is 1. The van der Waals surface area contributed by atoms with E-state index in [1.807, 2.05) is 20.8 Å². The minimum atomic E-state index is -0.708. The van der Waals surface area contributed by atoms with Gasteiger partial charge in [-0.2, -0.15) is 0 Å². The molecule has 0 aliphatic carbocycles. The number of methoxy groups -OCH3 is 1. The Balaban J connectivity index is 2.57. The average molecular weight is 229 g/mol. The first-order chi connectivity index (χ1) is 7.32. The summed E-state index contributed by atoms with van der Waals surface area (Å²) in [5.74, 6) is -0.708. The average Bonchev–Trinajstić information content (AvgIpc) is 2.59. The molecule has 4 nitrogen and oxygen atoms in total. The van der Waals surface area contributed by atoms with Gasteiger partial charge in [-0.1, -0.05) is 0 Å². The van der Waals surface area contributed by atoms with Crippen LogP contribution in [0.4, 0.5) is 0 Å². The van der Waals surface area contributed by atoms with Crippen LogP contribution in [0.5, 0.6) is 0 Å². The number of ether oxygens (including phenoxy) is 1. The summed E-state index contributed by atoms with van der Waals surface area (Å²) in [6, 6.07) is 0. The maximum absolute atomic E-state index is 11.3. The van der Waals surface area contributed by atoms with Crippen LogP contribution >= 0.6 is 0 Å². The van der Waals surface area contributed by atoms with Crippen molar-refractivity contribution in [1.82, 2.24) is 4.90 Å². The van der Waals surface area contributed by atoms with Gasteiger partial charge in [0.05, 0.1) is 5.60 Å². The standard InChI is InChI=1S/C12H23NO3/c1-11(2,16-4)7-9-13-8-5-6-12(13,3)10(14)15/h5-9H2,1-4H3,(H,14,15). The third-order valence-corrected chi connectivity index (χ3v) is 3.79. The molecular weight excluding hydrogens is 206 g/mol. The van der Waals surface area contributed by atoms with Gasteiger partial charge in [0.15, 0.2) is 0 Å². The molecule has 0 bridgehead atoms. The lowest BCUT2D eigenvalue weighted by Crippen LogP contribution is -2.49. The molecule has 1 aliphatic rings. The number of carboxylic acid groups (broad SMARTS) is 1. The van der Waals surface area contributed by atoms with Gasteiger partial charge in [0.25, 0.3) is 0 Å². The fourth-order valence-electron chi connectivity index (χ4n) is 2.13. The summed E-state index contributed by atoms with van der Waals surface area (Å²) >= 11 is 0. The highest BCUT2D eigenvalue weighted by Gasteiger charge is 2.43. The lowest BCUT2D eigenvalue weighted by molar-refractivity contribution is -0.149. The molecular formula is C12H23NO3. The Labute approximate surface area is 97.6 Å². The third kappa shape index (κ3) is 2.74. The van der Waals surface area contributed by atoms with Crippen LogP contribution in [0.3, 0.4) is 0 Å². The topological polar surface area (TPSA) is 49.8 Å². The number of hydrogen-bond acceptors (Lipinski definition) is 3. The lowest BCUT2D eigenvalue weighted by atomic mass is 9.98.